The molecule has 3 aromatic rings. The minimum absolute atomic E-state index is 0.147. The summed E-state index contributed by atoms with van der Waals surface area (Å²) >= 11 is 12.0. The smallest absolute Gasteiger partial charge is 0.226 e. The van der Waals surface area contributed by atoms with E-state index in [2.05, 4.69) is 10.0 Å². The lowest BCUT2D eigenvalue weighted by atomic mass is 10.0. The summed E-state index contributed by atoms with van der Waals surface area (Å²) in [6, 6.07) is 19.8. The number of carbonyl (C=O) groups is 1. The van der Waals surface area contributed by atoms with Gasteiger partial charge in [0.25, 0.3) is 0 Å². The molecule has 3 aromatic carbocycles. The molecule has 0 saturated carbocycles. The van der Waals surface area contributed by atoms with Crippen molar-refractivity contribution in [1.29, 1.82) is 0 Å². The Hall–Kier alpha value is -2.58. The van der Waals surface area contributed by atoms with Crippen LogP contribution in [0.25, 0.3) is 0 Å². The Bertz CT molecular complexity index is 1150. The highest BCUT2D eigenvalue weighted by molar-refractivity contribution is 7.88. The molecule has 0 fully saturated rings. The third-order valence-corrected chi connectivity index (χ3v) is 5.40. The second-order valence-corrected chi connectivity index (χ2v) is 9.45. The number of nitrogens with one attached hydrogen (secondary N) is 2. The lowest BCUT2D eigenvalue weighted by molar-refractivity contribution is -0.116. The average molecular weight is 479 g/mol. The Morgan fingerprint density at radius 3 is 2.26 bits per heavy atom. The maximum absolute atomic E-state index is 12.8. The van der Waals surface area contributed by atoms with Gasteiger partial charge in [-0.05, 0) is 48.0 Å². The fourth-order valence-corrected chi connectivity index (χ4v) is 3.91. The highest BCUT2D eigenvalue weighted by Gasteiger charge is 2.21. The molecule has 3 rings (SSSR count). The molecule has 1 atom stereocenters. The molecule has 1 amide bonds. The van der Waals surface area contributed by atoms with Crippen LogP contribution < -0.4 is 14.8 Å². The number of rotatable bonds is 8. The average Bonchev–Trinajstić information content (AvgIpc) is 2.70. The van der Waals surface area contributed by atoms with Crippen molar-refractivity contribution in [2.24, 2.45) is 0 Å². The van der Waals surface area contributed by atoms with E-state index >= 15 is 0 Å². The van der Waals surface area contributed by atoms with E-state index < -0.39 is 22.0 Å². The summed E-state index contributed by atoms with van der Waals surface area (Å²) in [5.74, 6) is 0.581. The fraction of sp³-hybridized carbons (Fsp3) is 0.136. The van der Waals surface area contributed by atoms with Gasteiger partial charge in [-0.3, -0.25) is 4.79 Å². The number of sulfonamides is 1. The number of hydrogen-bond donors (Lipinski definition) is 2. The molecule has 0 aliphatic heterocycles. The highest BCUT2D eigenvalue weighted by Crippen LogP contribution is 2.32. The summed E-state index contributed by atoms with van der Waals surface area (Å²) in [6.07, 6.45) is 0.891. The van der Waals surface area contributed by atoms with Crippen molar-refractivity contribution in [3.8, 4) is 11.5 Å². The summed E-state index contributed by atoms with van der Waals surface area (Å²) in [5, 5.41) is 3.68. The molecule has 6 nitrogen and oxygen atoms in total. The van der Waals surface area contributed by atoms with Crippen molar-refractivity contribution in [2.75, 3.05) is 11.6 Å². The maximum atomic E-state index is 12.8. The Balaban J connectivity index is 1.80. The van der Waals surface area contributed by atoms with Crippen LogP contribution in [0.4, 0.5) is 5.69 Å². The lowest BCUT2D eigenvalue weighted by Gasteiger charge is -2.19. The monoisotopic (exact) mass is 478 g/mol. The van der Waals surface area contributed by atoms with Gasteiger partial charge >= 0.3 is 0 Å². The van der Waals surface area contributed by atoms with Crippen LogP contribution in [-0.4, -0.2) is 20.6 Å². The summed E-state index contributed by atoms with van der Waals surface area (Å²) in [7, 11) is -3.56. The van der Waals surface area contributed by atoms with E-state index in [1.165, 1.54) is 0 Å². The van der Waals surface area contributed by atoms with Crippen LogP contribution in [0.2, 0.25) is 10.0 Å². The molecule has 0 unspecified atom stereocenters. The van der Waals surface area contributed by atoms with Crippen LogP contribution in [-0.2, 0) is 14.8 Å². The molecule has 0 heterocycles. The molecule has 31 heavy (non-hydrogen) atoms. The third-order valence-electron chi connectivity index (χ3n) is 4.20. The predicted octanol–water partition coefficient (Wildman–Crippen LogP) is 5.40. The van der Waals surface area contributed by atoms with Crippen molar-refractivity contribution in [2.45, 2.75) is 12.5 Å². The number of halogens is 2. The van der Waals surface area contributed by atoms with E-state index in [0.717, 1.165) is 6.26 Å². The first-order valence-electron chi connectivity index (χ1n) is 9.25. The molecule has 0 radical (unpaired) electrons. The molecular weight excluding hydrogens is 459 g/mol. The van der Waals surface area contributed by atoms with Crippen molar-refractivity contribution >= 4 is 44.8 Å². The molecule has 0 saturated heterocycles. The van der Waals surface area contributed by atoms with Crippen molar-refractivity contribution in [3.63, 3.8) is 0 Å². The molecule has 0 aliphatic rings. The number of amides is 1. The van der Waals surface area contributed by atoms with Crippen molar-refractivity contribution in [3.05, 3.63) is 88.4 Å². The number of anilines is 1. The van der Waals surface area contributed by atoms with E-state index in [1.54, 1.807) is 54.6 Å². The van der Waals surface area contributed by atoms with Crippen LogP contribution in [0.15, 0.2) is 72.8 Å². The molecule has 0 spiro atoms. The molecule has 2 N–H and O–H groups in total. The molecular formula is C22H20Cl2N2O4S. The fourth-order valence-electron chi connectivity index (χ4n) is 2.87. The maximum Gasteiger partial charge on any atom is 0.226 e. The molecule has 9 heteroatoms. The van der Waals surface area contributed by atoms with Gasteiger partial charge in [-0.2, -0.15) is 0 Å². The van der Waals surface area contributed by atoms with Crippen LogP contribution in [0.5, 0.6) is 11.5 Å². The van der Waals surface area contributed by atoms with Gasteiger partial charge < -0.3 is 10.1 Å². The second-order valence-electron chi connectivity index (χ2n) is 6.80. The van der Waals surface area contributed by atoms with E-state index in [1.807, 2.05) is 18.2 Å². The lowest BCUT2D eigenvalue weighted by Crippen LogP contribution is -2.30. The van der Waals surface area contributed by atoms with Crippen LogP contribution in [0.1, 0.15) is 18.0 Å². The largest absolute Gasteiger partial charge is 0.455 e. The van der Waals surface area contributed by atoms with Gasteiger partial charge in [0.15, 0.2) is 5.75 Å². The normalized spacial score (nSPS) is 12.2. The van der Waals surface area contributed by atoms with Crippen molar-refractivity contribution in [1.82, 2.24) is 4.72 Å². The summed E-state index contributed by atoms with van der Waals surface area (Å²) < 4.78 is 32.0. The number of ether oxygens (including phenoxy) is 1. The first kappa shape index (κ1) is 23.1. The zero-order valence-corrected chi connectivity index (χ0v) is 18.8. The predicted molar refractivity (Wildman–Crippen MR) is 123 cm³/mol. The Kier molecular flexibility index (Phi) is 7.56. The van der Waals surface area contributed by atoms with E-state index in [9.17, 15) is 13.2 Å². The third kappa shape index (κ3) is 7.25. The van der Waals surface area contributed by atoms with Gasteiger partial charge in [0, 0.05) is 16.5 Å². The minimum atomic E-state index is -3.56. The molecule has 0 aliphatic carbocycles. The Labute approximate surface area is 191 Å². The quantitative estimate of drug-likeness (QED) is 0.453. The van der Waals surface area contributed by atoms with Gasteiger partial charge in [-0.15, -0.1) is 0 Å². The summed E-state index contributed by atoms with van der Waals surface area (Å²) in [5.41, 5.74) is 0.979. The van der Waals surface area contributed by atoms with E-state index in [-0.39, 0.29) is 6.42 Å². The highest BCUT2D eigenvalue weighted by atomic mass is 35.5. The van der Waals surface area contributed by atoms with Gasteiger partial charge in [-0.25, -0.2) is 13.1 Å². The van der Waals surface area contributed by atoms with Gasteiger partial charge in [0.1, 0.15) is 5.75 Å². The summed E-state index contributed by atoms with van der Waals surface area (Å²) in [6.45, 7) is 0. The topological polar surface area (TPSA) is 84.5 Å². The first-order valence-corrected chi connectivity index (χ1v) is 11.9. The minimum Gasteiger partial charge on any atom is -0.455 e. The number of para-hydroxylation sites is 1. The standard InChI is InChI=1S/C22H20Cl2N2O4S/c1-31(28,29)26-19(15-7-9-16(23)10-8-15)14-22(27)25-20-13-17(24)11-12-21(20)30-18-5-3-2-4-6-18/h2-13,19,26H,14H2,1H3,(H,25,27)/t19-/m0/s1. The second kappa shape index (κ2) is 10.2. The zero-order chi connectivity index (χ0) is 22.4. The molecule has 162 valence electrons. The molecule has 0 bridgehead atoms. The van der Waals surface area contributed by atoms with Gasteiger partial charge in [0.05, 0.1) is 18.0 Å². The van der Waals surface area contributed by atoms with E-state index in [4.69, 9.17) is 27.9 Å². The van der Waals surface area contributed by atoms with Gasteiger partial charge in [-0.1, -0.05) is 53.5 Å². The number of hydrogen-bond acceptors (Lipinski definition) is 4. The SMILES string of the molecule is CS(=O)(=O)N[C@@H](CC(=O)Nc1cc(Cl)ccc1Oc1ccccc1)c1ccc(Cl)cc1. The Morgan fingerprint density at radius 1 is 0.968 bits per heavy atom. The number of benzene rings is 3. The van der Waals surface area contributed by atoms with Crippen molar-refractivity contribution < 1.29 is 17.9 Å². The Morgan fingerprint density at radius 2 is 1.61 bits per heavy atom. The van der Waals surface area contributed by atoms with Crippen LogP contribution >= 0.6 is 23.2 Å². The van der Waals surface area contributed by atoms with E-state index in [0.29, 0.717) is 32.8 Å². The zero-order valence-electron chi connectivity index (χ0n) is 16.5. The first-order chi connectivity index (χ1) is 14.7. The van der Waals surface area contributed by atoms with Gasteiger partial charge in [0.2, 0.25) is 15.9 Å². The van der Waals surface area contributed by atoms with Crippen LogP contribution in [0.3, 0.4) is 0 Å². The number of carbonyl (C=O) groups excluding carboxylic acids is 1. The van der Waals surface area contributed by atoms with Crippen LogP contribution in [0, 0.1) is 0 Å². The summed E-state index contributed by atoms with van der Waals surface area (Å²) in [4.78, 5) is 12.8. The molecule has 0 aromatic heterocycles.